The Hall–Kier alpha value is -1.72. The molecular formula is C19H25FN4. The molecule has 3 heterocycles. The number of rotatable bonds is 4. The van der Waals surface area contributed by atoms with Gasteiger partial charge in [-0.25, -0.2) is 4.39 Å². The standard InChI is InChI=1S/C19H25FN4/c1-14(24-8-2-3-9-24)12-23-10-7-18-17(13-23)19(22-21-18)15-5-4-6-16(20)11-15/h4-6,11,14H,2-3,7-10,12-13H2,1H3,(H,21,22)/t14-/m0/s1. The first-order valence-corrected chi connectivity index (χ1v) is 8.99. The molecule has 4 rings (SSSR count). The monoisotopic (exact) mass is 328 g/mol. The van der Waals surface area contributed by atoms with Gasteiger partial charge in [0.2, 0.25) is 0 Å². The van der Waals surface area contributed by atoms with Crippen LogP contribution in [0.2, 0.25) is 0 Å². The third kappa shape index (κ3) is 3.10. The van der Waals surface area contributed by atoms with Crippen LogP contribution in [0, 0.1) is 5.82 Å². The molecule has 1 atom stereocenters. The van der Waals surface area contributed by atoms with Crippen molar-refractivity contribution in [3.05, 3.63) is 41.3 Å². The van der Waals surface area contributed by atoms with E-state index in [9.17, 15) is 4.39 Å². The quantitative estimate of drug-likeness (QED) is 0.937. The summed E-state index contributed by atoms with van der Waals surface area (Å²) in [7, 11) is 0. The number of hydrogen-bond acceptors (Lipinski definition) is 3. The lowest BCUT2D eigenvalue weighted by molar-refractivity contribution is 0.161. The van der Waals surface area contributed by atoms with Gasteiger partial charge in [-0.3, -0.25) is 14.9 Å². The number of benzene rings is 1. The Balaban J connectivity index is 1.51. The molecule has 24 heavy (non-hydrogen) atoms. The number of aromatic amines is 1. The van der Waals surface area contributed by atoms with Crippen molar-refractivity contribution in [2.45, 2.75) is 38.8 Å². The highest BCUT2D eigenvalue weighted by atomic mass is 19.1. The molecule has 0 bridgehead atoms. The molecular weight excluding hydrogens is 303 g/mol. The van der Waals surface area contributed by atoms with E-state index in [2.05, 4.69) is 26.9 Å². The van der Waals surface area contributed by atoms with Crippen LogP contribution in [0.4, 0.5) is 4.39 Å². The van der Waals surface area contributed by atoms with Gasteiger partial charge in [0.25, 0.3) is 0 Å². The second-order valence-corrected chi connectivity index (χ2v) is 7.12. The van der Waals surface area contributed by atoms with Crippen LogP contribution in [0.25, 0.3) is 11.3 Å². The largest absolute Gasteiger partial charge is 0.299 e. The lowest BCUT2D eigenvalue weighted by atomic mass is 10.0. The summed E-state index contributed by atoms with van der Waals surface area (Å²) in [5, 5.41) is 7.64. The minimum absolute atomic E-state index is 0.209. The van der Waals surface area contributed by atoms with E-state index in [1.807, 2.05) is 6.07 Å². The number of hydrogen-bond donors (Lipinski definition) is 1. The van der Waals surface area contributed by atoms with Crippen molar-refractivity contribution in [2.24, 2.45) is 0 Å². The number of halogens is 1. The van der Waals surface area contributed by atoms with E-state index in [0.29, 0.717) is 6.04 Å². The van der Waals surface area contributed by atoms with Crippen molar-refractivity contribution in [3.63, 3.8) is 0 Å². The van der Waals surface area contributed by atoms with Crippen molar-refractivity contribution in [1.82, 2.24) is 20.0 Å². The highest BCUT2D eigenvalue weighted by Gasteiger charge is 2.26. The van der Waals surface area contributed by atoms with Gasteiger partial charge in [-0.2, -0.15) is 5.10 Å². The van der Waals surface area contributed by atoms with E-state index in [-0.39, 0.29) is 5.82 Å². The number of aromatic nitrogens is 2. The van der Waals surface area contributed by atoms with E-state index < -0.39 is 0 Å². The minimum atomic E-state index is -0.209. The summed E-state index contributed by atoms with van der Waals surface area (Å²) in [6.45, 7) is 7.86. The Morgan fingerprint density at radius 2 is 2.08 bits per heavy atom. The van der Waals surface area contributed by atoms with Gasteiger partial charge in [-0.05, 0) is 45.0 Å². The van der Waals surface area contributed by atoms with Crippen molar-refractivity contribution < 1.29 is 4.39 Å². The molecule has 1 aromatic carbocycles. The smallest absolute Gasteiger partial charge is 0.123 e. The van der Waals surface area contributed by atoms with E-state index >= 15 is 0 Å². The molecule has 1 fully saturated rings. The summed E-state index contributed by atoms with van der Waals surface area (Å²) in [6.07, 6.45) is 3.66. The fourth-order valence-electron chi connectivity index (χ4n) is 4.05. The Morgan fingerprint density at radius 1 is 1.25 bits per heavy atom. The molecule has 0 unspecified atom stereocenters. The molecule has 1 aromatic heterocycles. The molecule has 1 saturated heterocycles. The van der Waals surface area contributed by atoms with Crippen LogP contribution < -0.4 is 0 Å². The van der Waals surface area contributed by atoms with Gasteiger partial charge in [0.15, 0.2) is 0 Å². The topological polar surface area (TPSA) is 35.2 Å². The molecule has 2 aliphatic heterocycles. The third-order valence-electron chi connectivity index (χ3n) is 5.40. The number of H-pyrrole nitrogens is 1. The van der Waals surface area contributed by atoms with Crippen molar-refractivity contribution >= 4 is 0 Å². The number of fused-ring (bicyclic) bond motifs is 1. The fraction of sp³-hybridized carbons (Fsp3) is 0.526. The first-order chi connectivity index (χ1) is 11.7. The molecule has 1 N–H and O–H groups in total. The average Bonchev–Trinajstić information content (AvgIpc) is 3.24. The van der Waals surface area contributed by atoms with Gasteiger partial charge in [0.1, 0.15) is 5.82 Å². The molecule has 128 valence electrons. The van der Waals surface area contributed by atoms with E-state index in [0.717, 1.165) is 37.3 Å². The average molecular weight is 328 g/mol. The molecule has 4 nitrogen and oxygen atoms in total. The maximum Gasteiger partial charge on any atom is 0.123 e. The van der Waals surface area contributed by atoms with E-state index in [1.165, 1.54) is 43.3 Å². The first-order valence-electron chi connectivity index (χ1n) is 8.99. The molecule has 0 radical (unpaired) electrons. The van der Waals surface area contributed by atoms with Crippen molar-refractivity contribution in [1.29, 1.82) is 0 Å². The Labute approximate surface area is 142 Å². The van der Waals surface area contributed by atoms with Gasteiger partial charge >= 0.3 is 0 Å². The molecule has 0 aliphatic carbocycles. The summed E-state index contributed by atoms with van der Waals surface area (Å²) >= 11 is 0. The van der Waals surface area contributed by atoms with E-state index in [4.69, 9.17) is 0 Å². The summed E-state index contributed by atoms with van der Waals surface area (Å²) in [4.78, 5) is 5.11. The van der Waals surface area contributed by atoms with E-state index in [1.54, 1.807) is 12.1 Å². The second-order valence-electron chi connectivity index (χ2n) is 7.12. The molecule has 2 aliphatic rings. The van der Waals surface area contributed by atoms with Crippen LogP contribution in [-0.2, 0) is 13.0 Å². The Morgan fingerprint density at radius 3 is 2.88 bits per heavy atom. The van der Waals surface area contributed by atoms with Crippen molar-refractivity contribution in [3.8, 4) is 11.3 Å². The molecule has 0 saturated carbocycles. The SMILES string of the molecule is C[C@@H](CN1CCc2[nH]nc(-c3cccc(F)c3)c2C1)N1CCCC1. The first kappa shape index (κ1) is 15.8. The van der Waals surface area contributed by atoms with Gasteiger partial charge in [0, 0.05) is 48.9 Å². The highest BCUT2D eigenvalue weighted by Crippen LogP contribution is 2.29. The fourth-order valence-corrected chi connectivity index (χ4v) is 4.05. The van der Waals surface area contributed by atoms with Gasteiger partial charge < -0.3 is 0 Å². The van der Waals surface area contributed by atoms with Gasteiger partial charge in [0.05, 0.1) is 5.69 Å². The lowest BCUT2D eigenvalue weighted by Gasteiger charge is -2.33. The minimum Gasteiger partial charge on any atom is -0.299 e. The number of likely N-dealkylation sites (tertiary alicyclic amines) is 1. The molecule has 0 spiro atoms. The summed E-state index contributed by atoms with van der Waals surface area (Å²) in [5.74, 6) is -0.209. The Kier molecular flexibility index (Phi) is 4.37. The predicted molar refractivity (Wildman–Crippen MR) is 93.2 cm³/mol. The van der Waals surface area contributed by atoms with Crippen LogP contribution in [0.1, 0.15) is 31.0 Å². The number of nitrogens with one attached hydrogen (secondary N) is 1. The summed E-state index contributed by atoms with van der Waals surface area (Å²) in [5.41, 5.74) is 4.21. The van der Waals surface area contributed by atoms with Gasteiger partial charge in [-0.15, -0.1) is 0 Å². The van der Waals surface area contributed by atoms with Crippen LogP contribution >= 0.6 is 0 Å². The third-order valence-corrected chi connectivity index (χ3v) is 5.40. The zero-order valence-electron chi connectivity index (χ0n) is 14.3. The maximum atomic E-state index is 13.6. The van der Waals surface area contributed by atoms with Crippen LogP contribution in [0.5, 0.6) is 0 Å². The van der Waals surface area contributed by atoms with Gasteiger partial charge in [-0.1, -0.05) is 12.1 Å². The maximum absolute atomic E-state index is 13.6. The zero-order valence-corrected chi connectivity index (χ0v) is 14.3. The molecule has 0 amide bonds. The predicted octanol–water partition coefficient (Wildman–Crippen LogP) is 3.06. The van der Waals surface area contributed by atoms with Crippen LogP contribution in [0.15, 0.2) is 24.3 Å². The lowest BCUT2D eigenvalue weighted by Crippen LogP contribution is -2.42. The normalized spacial score (nSPS) is 20.2. The van der Waals surface area contributed by atoms with Crippen LogP contribution in [0.3, 0.4) is 0 Å². The summed E-state index contributed by atoms with van der Waals surface area (Å²) in [6, 6.07) is 7.33. The van der Waals surface area contributed by atoms with Crippen molar-refractivity contribution in [2.75, 3.05) is 26.2 Å². The Bertz CT molecular complexity index is 705. The summed E-state index contributed by atoms with van der Waals surface area (Å²) < 4.78 is 13.6. The zero-order chi connectivity index (χ0) is 16.5. The highest BCUT2D eigenvalue weighted by molar-refractivity contribution is 5.64. The second kappa shape index (κ2) is 6.65. The van der Waals surface area contributed by atoms with Crippen LogP contribution in [-0.4, -0.2) is 52.2 Å². The molecule has 2 aromatic rings. The molecule has 5 heteroatoms. The number of nitrogens with zero attached hydrogens (tertiary/aromatic N) is 3.